The molecular formula is C28H37N5O3. The van der Waals surface area contributed by atoms with Gasteiger partial charge in [0.05, 0.1) is 13.2 Å². The second kappa shape index (κ2) is 13.0. The van der Waals surface area contributed by atoms with Crippen LogP contribution in [0.25, 0.3) is 5.57 Å². The van der Waals surface area contributed by atoms with Crippen LogP contribution in [0, 0.1) is 5.41 Å². The fraction of sp³-hybridized carbons (Fsp3) is 0.393. The summed E-state index contributed by atoms with van der Waals surface area (Å²) < 4.78 is 10.9. The van der Waals surface area contributed by atoms with Gasteiger partial charge in [0.2, 0.25) is 0 Å². The standard InChI is InChI=1S/C21H22N4O2.C7H15NO/c1-14(6-8-23-15(2)22)19-12-25-21(18-7-9-27-20(18)19)24-11-16-4-3-5-17(10-16)13-26;1-8-5-7(3-4-7)6-9-2/h3-6,8,10,12-13H,2,7,9,11,22H2,1H3,(H,24,25);8H,3-6H2,1-2H3/b14-6+,23-8-;. The van der Waals surface area contributed by atoms with Crippen molar-refractivity contribution in [2.45, 2.75) is 32.7 Å². The number of anilines is 1. The minimum atomic E-state index is 0.261. The van der Waals surface area contributed by atoms with Crippen LogP contribution in [-0.2, 0) is 17.7 Å². The van der Waals surface area contributed by atoms with Crippen LogP contribution in [-0.4, -0.2) is 51.4 Å². The lowest BCUT2D eigenvalue weighted by molar-refractivity contribution is 0.112. The number of nitrogens with one attached hydrogen (secondary N) is 2. The maximum Gasteiger partial charge on any atom is 0.150 e. The van der Waals surface area contributed by atoms with E-state index in [4.69, 9.17) is 15.2 Å². The number of carbonyl (C=O) groups is 1. The molecule has 1 aliphatic heterocycles. The minimum absolute atomic E-state index is 0.261. The minimum Gasteiger partial charge on any atom is -0.492 e. The van der Waals surface area contributed by atoms with E-state index < -0.39 is 0 Å². The van der Waals surface area contributed by atoms with E-state index in [2.05, 4.69) is 27.2 Å². The molecule has 0 atom stereocenters. The lowest BCUT2D eigenvalue weighted by Crippen LogP contribution is -2.23. The molecule has 0 amide bonds. The predicted molar refractivity (Wildman–Crippen MR) is 146 cm³/mol. The molecule has 2 aliphatic rings. The van der Waals surface area contributed by atoms with Crippen LogP contribution in [0.1, 0.15) is 46.8 Å². The quantitative estimate of drug-likeness (QED) is 0.322. The molecule has 2 aromatic rings. The van der Waals surface area contributed by atoms with E-state index in [9.17, 15) is 4.79 Å². The average Bonchev–Trinajstić information content (AvgIpc) is 3.44. The number of benzene rings is 1. The number of hydrogen-bond acceptors (Lipinski definition) is 8. The molecule has 2 heterocycles. The van der Waals surface area contributed by atoms with Gasteiger partial charge >= 0.3 is 0 Å². The van der Waals surface area contributed by atoms with Gasteiger partial charge in [0.1, 0.15) is 23.7 Å². The van der Waals surface area contributed by atoms with Crippen LogP contribution < -0.4 is 21.1 Å². The summed E-state index contributed by atoms with van der Waals surface area (Å²) in [6.07, 6.45) is 9.59. The van der Waals surface area contributed by atoms with Crippen LogP contribution in [0.3, 0.4) is 0 Å². The molecule has 1 fully saturated rings. The van der Waals surface area contributed by atoms with Crippen molar-refractivity contribution in [2.75, 3.05) is 39.2 Å². The second-order valence-electron chi connectivity index (χ2n) is 9.23. The predicted octanol–water partition coefficient (Wildman–Crippen LogP) is 3.98. The Kier molecular flexibility index (Phi) is 9.78. The highest BCUT2D eigenvalue weighted by molar-refractivity contribution is 5.86. The molecule has 0 spiro atoms. The van der Waals surface area contributed by atoms with Gasteiger partial charge in [0, 0.05) is 61.1 Å². The number of allylic oxidation sites excluding steroid dienone is 2. The summed E-state index contributed by atoms with van der Waals surface area (Å²) in [4.78, 5) is 19.5. The van der Waals surface area contributed by atoms with Gasteiger partial charge in [-0.25, -0.2) is 9.98 Å². The Hall–Kier alpha value is -3.49. The molecule has 4 rings (SSSR count). The number of ether oxygens (including phenoxy) is 2. The van der Waals surface area contributed by atoms with Gasteiger partial charge in [0.15, 0.2) is 0 Å². The van der Waals surface area contributed by atoms with Crippen molar-refractivity contribution in [3.8, 4) is 5.75 Å². The lowest BCUT2D eigenvalue weighted by atomic mass is 10.0. The highest BCUT2D eigenvalue weighted by Crippen LogP contribution is 2.44. The van der Waals surface area contributed by atoms with Crippen LogP contribution in [0.5, 0.6) is 5.75 Å². The number of aliphatic imine (C=N–C) groups is 1. The maximum atomic E-state index is 10.9. The summed E-state index contributed by atoms with van der Waals surface area (Å²) in [6, 6.07) is 7.50. The molecular weight excluding hydrogens is 454 g/mol. The summed E-state index contributed by atoms with van der Waals surface area (Å²) in [5.41, 5.74) is 10.6. The van der Waals surface area contributed by atoms with Crippen molar-refractivity contribution in [1.82, 2.24) is 10.3 Å². The Morgan fingerprint density at radius 1 is 1.39 bits per heavy atom. The Morgan fingerprint density at radius 2 is 2.19 bits per heavy atom. The number of methoxy groups -OCH3 is 1. The molecule has 1 aliphatic carbocycles. The van der Waals surface area contributed by atoms with Crippen molar-refractivity contribution in [2.24, 2.45) is 16.1 Å². The van der Waals surface area contributed by atoms with Crippen LogP contribution in [0.4, 0.5) is 5.82 Å². The fourth-order valence-corrected chi connectivity index (χ4v) is 4.15. The van der Waals surface area contributed by atoms with Gasteiger partial charge in [-0.1, -0.05) is 24.8 Å². The van der Waals surface area contributed by atoms with E-state index in [1.54, 1.807) is 25.6 Å². The Bertz CT molecular complexity index is 1110. The molecule has 8 heteroatoms. The number of aldehydes is 1. The third-order valence-corrected chi connectivity index (χ3v) is 6.22. The molecule has 8 nitrogen and oxygen atoms in total. The molecule has 4 N–H and O–H groups in total. The van der Waals surface area contributed by atoms with Crippen LogP contribution in [0.2, 0.25) is 0 Å². The number of hydrogen-bond donors (Lipinski definition) is 3. The van der Waals surface area contributed by atoms with Crippen LogP contribution >= 0.6 is 0 Å². The van der Waals surface area contributed by atoms with Crippen molar-refractivity contribution >= 4 is 23.9 Å². The van der Waals surface area contributed by atoms with Crippen molar-refractivity contribution < 1.29 is 14.3 Å². The summed E-state index contributed by atoms with van der Waals surface area (Å²) in [7, 11) is 3.77. The number of pyridine rings is 1. The van der Waals surface area contributed by atoms with Gasteiger partial charge in [-0.3, -0.25) is 4.79 Å². The van der Waals surface area contributed by atoms with E-state index in [0.29, 0.717) is 24.1 Å². The Balaban J connectivity index is 0.000000338. The highest BCUT2D eigenvalue weighted by atomic mass is 16.5. The number of carbonyl (C=O) groups excluding carboxylic acids is 1. The normalized spacial score (nSPS) is 15.5. The van der Waals surface area contributed by atoms with E-state index in [-0.39, 0.29) is 5.82 Å². The van der Waals surface area contributed by atoms with Gasteiger partial charge in [0.25, 0.3) is 0 Å². The molecule has 1 aromatic carbocycles. The highest BCUT2D eigenvalue weighted by Gasteiger charge is 2.41. The van der Waals surface area contributed by atoms with Crippen molar-refractivity contribution in [3.05, 3.63) is 71.2 Å². The number of rotatable bonds is 11. The van der Waals surface area contributed by atoms with Gasteiger partial charge in [-0.2, -0.15) is 0 Å². The third-order valence-electron chi connectivity index (χ3n) is 6.22. The number of nitrogens with zero attached hydrogens (tertiary/aromatic N) is 2. The molecule has 0 bridgehead atoms. The summed E-state index contributed by atoms with van der Waals surface area (Å²) >= 11 is 0. The van der Waals surface area contributed by atoms with Gasteiger partial charge in [-0.15, -0.1) is 0 Å². The molecule has 192 valence electrons. The summed E-state index contributed by atoms with van der Waals surface area (Å²) in [5, 5.41) is 6.53. The molecule has 36 heavy (non-hydrogen) atoms. The third kappa shape index (κ3) is 7.50. The molecule has 0 unspecified atom stereocenters. The number of aromatic nitrogens is 1. The van der Waals surface area contributed by atoms with Crippen molar-refractivity contribution in [3.63, 3.8) is 0 Å². The first kappa shape index (κ1) is 27.1. The first-order valence-corrected chi connectivity index (χ1v) is 12.1. The smallest absolute Gasteiger partial charge is 0.150 e. The van der Waals surface area contributed by atoms with Gasteiger partial charge in [-0.05, 0) is 50.1 Å². The molecule has 1 aromatic heterocycles. The molecule has 0 radical (unpaired) electrons. The lowest BCUT2D eigenvalue weighted by Gasteiger charge is -2.13. The topological polar surface area (TPSA) is 111 Å². The van der Waals surface area contributed by atoms with Gasteiger partial charge < -0.3 is 25.8 Å². The maximum absolute atomic E-state index is 10.9. The van der Waals surface area contributed by atoms with E-state index in [1.807, 2.05) is 38.2 Å². The van der Waals surface area contributed by atoms with Crippen molar-refractivity contribution in [1.29, 1.82) is 0 Å². The monoisotopic (exact) mass is 491 g/mol. The number of nitrogens with two attached hydrogens (primary N) is 1. The Morgan fingerprint density at radius 3 is 2.86 bits per heavy atom. The second-order valence-corrected chi connectivity index (χ2v) is 9.23. The first-order chi connectivity index (χ1) is 17.4. The molecule has 1 saturated carbocycles. The average molecular weight is 492 g/mol. The molecule has 0 saturated heterocycles. The van der Waals surface area contributed by atoms with E-state index in [1.165, 1.54) is 12.8 Å². The largest absolute Gasteiger partial charge is 0.492 e. The first-order valence-electron chi connectivity index (χ1n) is 12.1. The fourth-order valence-electron chi connectivity index (χ4n) is 4.15. The summed E-state index contributed by atoms with van der Waals surface area (Å²) in [6.45, 7) is 8.76. The van der Waals surface area contributed by atoms with Crippen LogP contribution in [0.15, 0.2) is 53.9 Å². The van der Waals surface area contributed by atoms with E-state index >= 15 is 0 Å². The zero-order valence-corrected chi connectivity index (χ0v) is 21.5. The zero-order chi connectivity index (χ0) is 26.0. The van der Waals surface area contributed by atoms with E-state index in [0.717, 1.165) is 59.7 Å². The summed E-state index contributed by atoms with van der Waals surface area (Å²) in [5.74, 6) is 1.92. The zero-order valence-electron chi connectivity index (χ0n) is 21.5. The SMILES string of the molecule is C=C(N)/N=C\C=C(/C)c1cnc(NCc2cccc(C=O)c2)c2c1OCC2.CNCC1(COC)CC1. The Labute approximate surface area is 213 Å². The number of fused-ring (bicyclic) bond motifs is 1.